The lowest BCUT2D eigenvalue weighted by Gasteiger charge is -2.09. The fourth-order valence-electron chi connectivity index (χ4n) is 2.85. The van der Waals surface area contributed by atoms with E-state index < -0.39 is 28.8 Å². The van der Waals surface area contributed by atoms with Crippen LogP contribution < -0.4 is 15.4 Å². The summed E-state index contributed by atoms with van der Waals surface area (Å²) in [5, 5.41) is 23.6. The number of ether oxygens (including phenoxy) is 1. The van der Waals surface area contributed by atoms with Crippen LogP contribution in [0.1, 0.15) is 11.1 Å². The van der Waals surface area contributed by atoms with Crippen LogP contribution in [0.4, 0.5) is 15.8 Å². The van der Waals surface area contributed by atoms with Gasteiger partial charge in [-0.15, -0.1) is 0 Å². The van der Waals surface area contributed by atoms with Gasteiger partial charge in [-0.3, -0.25) is 9.59 Å². The van der Waals surface area contributed by atoms with Crippen LogP contribution in [0.15, 0.2) is 83.9 Å². The zero-order chi connectivity index (χ0) is 24.5. The van der Waals surface area contributed by atoms with E-state index >= 15 is 0 Å². The van der Waals surface area contributed by atoms with Gasteiger partial charge in [0.1, 0.15) is 41.5 Å². The number of benzene rings is 3. The van der Waals surface area contributed by atoms with Crippen LogP contribution in [0.25, 0.3) is 0 Å². The number of nitriles is 2. The van der Waals surface area contributed by atoms with E-state index in [9.17, 15) is 24.5 Å². The summed E-state index contributed by atoms with van der Waals surface area (Å²) in [4.78, 5) is 25.0. The van der Waals surface area contributed by atoms with Crippen molar-refractivity contribution < 1.29 is 18.7 Å². The molecular formula is C26H19FN4O3. The lowest BCUT2D eigenvalue weighted by Crippen LogP contribution is -2.21. The number of halogens is 1. The summed E-state index contributed by atoms with van der Waals surface area (Å²) in [5.74, 6) is -1.80. The molecule has 2 N–H and O–H groups in total. The Hall–Kier alpha value is -4.95. The molecule has 0 spiro atoms. The maximum Gasteiger partial charge on any atom is 0.267 e. The number of nitrogens with one attached hydrogen (secondary N) is 2. The van der Waals surface area contributed by atoms with Crippen molar-refractivity contribution in [2.45, 2.75) is 13.5 Å². The first-order valence-electron chi connectivity index (χ1n) is 10.1. The molecule has 0 unspecified atom stereocenters. The Labute approximate surface area is 195 Å². The van der Waals surface area contributed by atoms with Crippen LogP contribution in [0.3, 0.4) is 0 Å². The Kier molecular flexibility index (Phi) is 7.72. The molecule has 0 heterocycles. The summed E-state index contributed by atoms with van der Waals surface area (Å²) in [6.07, 6.45) is 0. The maximum absolute atomic E-state index is 13.0. The predicted octanol–water partition coefficient (Wildman–Crippen LogP) is 4.63. The smallest absolute Gasteiger partial charge is 0.267 e. The van der Waals surface area contributed by atoms with E-state index in [0.29, 0.717) is 18.0 Å². The second-order valence-electron chi connectivity index (χ2n) is 7.19. The topological polar surface area (TPSA) is 115 Å². The zero-order valence-corrected chi connectivity index (χ0v) is 18.1. The Morgan fingerprint density at radius 1 is 0.794 bits per heavy atom. The molecule has 168 valence electrons. The van der Waals surface area contributed by atoms with Gasteiger partial charge in [-0.2, -0.15) is 10.5 Å². The molecule has 0 bridgehead atoms. The SMILES string of the molecule is Cc1ccc(COc2ccc(NC(=O)/C(C#N)=C(\C#N)C(=O)Nc3ccc(F)cc3)cc2)cc1. The lowest BCUT2D eigenvalue weighted by atomic mass is 10.1. The van der Waals surface area contributed by atoms with Crippen LogP contribution in [0.5, 0.6) is 5.75 Å². The molecule has 0 aliphatic rings. The Balaban J connectivity index is 1.66. The van der Waals surface area contributed by atoms with Crippen LogP contribution in [-0.2, 0) is 16.2 Å². The maximum atomic E-state index is 13.0. The molecule has 0 atom stereocenters. The van der Waals surface area contributed by atoms with Crippen molar-refractivity contribution in [1.29, 1.82) is 10.5 Å². The van der Waals surface area contributed by atoms with Crippen molar-refractivity contribution in [2.75, 3.05) is 10.6 Å². The van der Waals surface area contributed by atoms with Crippen LogP contribution in [0, 0.1) is 35.4 Å². The van der Waals surface area contributed by atoms with Gasteiger partial charge in [0, 0.05) is 11.4 Å². The van der Waals surface area contributed by atoms with Gasteiger partial charge in [-0.1, -0.05) is 29.8 Å². The van der Waals surface area contributed by atoms with Gasteiger partial charge in [-0.25, -0.2) is 4.39 Å². The molecule has 0 saturated carbocycles. The highest BCUT2D eigenvalue weighted by Crippen LogP contribution is 2.19. The number of hydrogen-bond donors (Lipinski definition) is 2. The number of aryl methyl sites for hydroxylation is 1. The third kappa shape index (κ3) is 6.28. The standard InChI is InChI=1S/C26H19FN4O3/c1-17-2-4-18(5-3-17)16-34-22-12-10-21(11-13-22)31-26(33)24(15-29)23(14-28)25(32)30-20-8-6-19(27)7-9-20/h2-13H,16H2,1H3,(H,30,32)(H,31,33)/b24-23+. The summed E-state index contributed by atoms with van der Waals surface area (Å²) in [6, 6.07) is 22.4. The molecule has 0 saturated heterocycles. The summed E-state index contributed by atoms with van der Waals surface area (Å²) in [5.41, 5.74) is 1.40. The van der Waals surface area contributed by atoms with Crippen LogP contribution >= 0.6 is 0 Å². The molecule has 0 aliphatic heterocycles. The highest BCUT2D eigenvalue weighted by Gasteiger charge is 2.22. The minimum Gasteiger partial charge on any atom is -0.489 e. The van der Waals surface area contributed by atoms with Gasteiger partial charge in [0.25, 0.3) is 11.8 Å². The molecule has 3 aromatic carbocycles. The normalized spacial score (nSPS) is 10.8. The molecule has 8 heteroatoms. The Morgan fingerprint density at radius 3 is 1.74 bits per heavy atom. The highest BCUT2D eigenvalue weighted by atomic mass is 19.1. The molecular weight excluding hydrogens is 435 g/mol. The van der Waals surface area contributed by atoms with Crippen molar-refractivity contribution in [2.24, 2.45) is 0 Å². The fraction of sp³-hybridized carbons (Fsp3) is 0.0769. The fourth-order valence-corrected chi connectivity index (χ4v) is 2.85. The summed E-state index contributed by atoms with van der Waals surface area (Å²) in [6.45, 7) is 2.38. The second-order valence-corrected chi connectivity index (χ2v) is 7.19. The largest absolute Gasteiger partial charge is 0.489 e. The van der Waals surface area contributed by atoms with Crippen LogP contribution in [-0.4, -0.2) is 11.8 Å². The van der Waals surface area contributed by atoms with Crippen LogP contribution in [0.2, 0.25) is 0 Å². The van der Waals surface area contributed by atoms with Crippen molar-refractivity contribution in [3.05, 3.63) is 101 Å². The first kappa shape index (κ1) is 23.7. The summed E-state index contributed by atoms with van der Waals surface area (Å²) in [7, 11) is 0. The van der Waals surface area contributed by atoms with E-state index in [1.165, 1.54) is 12.1 Å². The van der Waals surface area contributed by atoms with Crippen molar-refractivity contribution in [1.82, 2.24) is 0 Å². The molecule has 3 rings (SSSR count). The van der Waals surface area contributed by atoms with E-state index in [1.54, 1.807) is 36.4 Å². The number of hydrogen-bond acceptors (Lipinski definition) is 5. The molecule has 3 aromatic rings. The van der Waals surface area contributed by atoms with E-state index in [2.05, 4.69) is 10.6 Å². The quantitative estimate of drug-likeness (QED) is 0.399. The monoisotopic (exact) mass is 454 g/mol. The van der Waals surface area contributed by atoms with E-state index in [4.69, 9.17) is 4.74 Å². The van der Waals surface area contributed by atoms with Gasteiger partial charge in [0.15, 0.2) is 0 Å². The molecule has 0 aliphatic carbocycles. The average Bonchev–Trinajstić information content (AvgIpc) is 2.84. The first-order valence-corrected chi connectivity index (χ1v) is 10.1. The molecule has 7 nitrogen and oxygen atoms in total. The van der Waals surface area contributed by atoms with Gasteiger partial charge in [0.2, 0.25) is 0 Å². The van der Waals surface area contributed by atoms with Crippen molar-refractivity contribution in [3.63, 3.8) is 0 Å². The Morgan fingerprint density at radius 2 is 1.26 bits per heavy atom. The number of nitrogens with zero attached hydrogens (tertiary/aromatic N) is 2. The highest BCUT2D eigenvalue weighted by molar-refractivity contribution is 6.17. The van der Waals surface area contributed by atoms with E-state index in [0.717, 1.165) is 23.3 Å². The third-order valence-corrected chi connectivity index (χ3v) is 4.67. The van der Waals surface area contributed by atoms with Crippen molar-refractivity contribution in [3.8, 4) is 17.9 Å². The number of amides is 2. The summed E-state index contributed by atoms with van der Waals surface area (Å²) >= 11 is 0. The molecule has 34 heavy (non-hydrogen) atoms. The molecule has 0 radical (unpaired) electrons. The minimum absolute atomic E-state index is 0.207. The Bertz CT molecular complexity index is 1300. The van der Waals surface area contributed by atoms with Gasteiger partial charge in [0.05, 0.1) is 0 Å². The number of anilines is 2. The molecule has 0 aromatic heterocycles. The molecule has 2 amide bonds. The third-order valence-electron chi connectivity index (χ3n) is 4.67. The zero-order valence-electron chi connectivity index (χ0n) is 18.1. The van der Waals surface area contributed by atoms with E-state index in [-0.39, 0.29) is 5.69 Å². The first-order chi connectivity index (χ1) is 16.4. The second kappa shape index (κ2) is 11.1. The van der Waals surface area contributed by atoms with Gasteiger partial charge in [-0.05, 0) is 61.0 Å². The number of carbonyl (C=O) groups excluding carboxylic acids is 2. The average molecular weight is 454 g/mol. The van der Waals surface area contributed by atoms with E-state index in [1.807, 2.05) is 31.2 Å². The predicted molar refractivity (Wildman–Crippen MR) is 124 cm³/mol. The number of rotatable bonds is 7. The minimum atomic E-state index is -0.958. The number of carbonyl (C=O) groups is 2. The van der Waals surface area contributed by atoms with Gasteiger partial charge >= 0.3 is 0 Å². The van der Waals surface area contributed by atoms with Gasteiger partial charge < -0.3 is 15.4 Å². The van der Waals surface area contributed by atoms with Crippen molar-refractivity contribution >= 4 is 23.2 Å². The lowest BCUT2D eigenvalue weighted by molar-refractivity contribution is -0.114. The molecule has 0 fully saturated rings. The summed E-state index contributed by atoms with van der Waals surface area (Å²) < 4.78 is 18.7.